The highest BCUT2D eigenvalue weighted by molar-refractivity contribution is 8.00. The predicted molar refractivity (Wildman–Crippen MR) is 115 cm³/mol. The lowest BCUT2D eigenvalue weighted by Gasteiger charge is -2.14. The second-order valence-electron chi connectivity index (χ2n) is 6.05. The maximum Gasteiger partial charge on any atom is 0.237 e. The Morgan fingerprint density at radius 1 is 1.11 bits per heavy atom. The summed E-state index contributed by atoms with van der Waals surface area (Å²) in [6.45, 7) is 3.86. The van der Waals surface area contributed by atoms with E-state index in [2.05, 4.69) is 10.6 Å². The topological polar surface area (TPSA) is 58.2 Å². The van der Waals surface area contributed by atoms with Gasteiger partial charge in [0.25, 0.3) is 0 Å². The van der Waals surface area contributed by atoms with Gasteiger partial charge in [-0.3, -0.25) is 9.59 Å². The molecule has 0 saturated carbocycles. The highest BCUT2D eigenvalue weighted by Gasteiger charge is 2.16. The summed E-state index contributed by atoms with van der Waals surface area (Å²) in [6.07, 6.45) is 2.35. The van der Waals surface area contributed by atoms with Crippen LogP contribution in [0.15, 0.2) is 47.4 Å². The zero-order chi connectivity index (χ0) is 19.8. The van der Waals surface area contributed by atoms with Crippen molar-refractivity contribution < 1.29 is 9.59 Å². The molecule has 27 heavy (non-hydrogen) atoms. The second-order valence-corrected chi connectivity index (χ2v) is 8.31. The van der Waals surface area contributed by atoms with Crippen LogP contribution in [0.4, 0.5) is 11.4 Å². The maximum absolute atomic E-state index is 12.5. The van der Waals surface area contributed by atoms with E-state index in [1.54, 1.807) is 18.2 Å². The van der Waals surface area contributed by atoms with Crippen LogP contribution in [0, 0.1) is 0 Å². The van der Waals surface area contributed by atoms with E-state index < -0.39 is 0 Å². The zero-order valence-corrected chi connectivity index (χ0v) is 17.5. The highest BCUT2D eigenvalue weighted by Crippen LogP contribution is 2.29. The van der Waals surface area contributed by atoms with Crippen molar-refractivity contribution in [3.8, 4) is 0 Å². The molecule has 0 aliphatic carbocycles. The van der Waals surface area contributed by atoms with Crippen LogP contribution in [-0.4, -0.2) is 17.1 Å². The molecule has 0 aromatic heterocycles. The minimum absolute atomic E-state index is 0.000361. The number of anilines is 2. The minimum atomic E-state index is -0.355. The number of thioether (sulfide) groups is 1. The number of carbonyl (C=O) groups excluding carboxylic acids is 2. The van der Waals surface area contributed by atoms with Gasteiger partial charge in [0.05, 0.1) is 16.0 Å². The van der Waals surface area contributed by atoms with Gasteiger partial charge in [-0.15, -0.1) is 11.8 Å². The van der Waals surface area contributed by atoms with Gasteiger partial charge in [-0.1, -0.05) is 42.6 Å². The Hall–Kier alpha value is -1.69. The molecule has 0 radical (unpaired) electrons. The number of halogens is 2. The van der Waals surface area contributed by atoms with Gasteiger partial charge >= 0.3 is 0 Å². The summed E-state index contributed by atoms with van der Waals surface area (Å²) in [5.41, 5.74) is 1.21. The average molecular weight is 425 g/mol. The molecule has 0 aliphatic heterocycles. The molecule has 0 saturated heterocycles. The van der Waals surface area contributed by atoms with Crippen molar-refractivity contribution in [1.29, 1.82) is 0 Å². The monoisotopic (exact) mass is 424 g/mol. The quantitative estimate of drug-likeness (QED) is 0.492. The normalized spacial score (nSPS) is 11.7. The lowest BCUT2D eigenvalue weighted by Crippen LogP contribution is -2.22. The molecule has 1 unspecified atom stereocenters. The molecule has 2 aromatic rings. The van der Waals surface area contributed by atoms with Crippen LogP contribution in [0.3, 0.4) is 0 Å². The van der Waals surface area contributed by atoms with Gasteiger partial charge in [-0.25, -0.2) is 0 Å². The molecule has 0 fully saturated rings. The van der Waals surface area contributed by atoms with Crippen molar-refractivity contribution in [2.45, 2.75) is 43.3 Å². The van der Waals surface area contributed by atoms with Gasteiger partial charge in [0.15, 0.2) is 0 Å². The van der Waals surface area contributed by atoms with E-state index in [-0.39, 0.29) is 17.1 Å². The Morgan fingerprint density at radius 3 is 2.63 bits per heavy atom. The fourth-order valence-electron chi connectivity index (χ4n) is 2.29. The first kappa shape index (κ1) is 21.6. The maximum atomic E-state index is 12.5. The standard InChI is InChI=1S/C20H22Cl2N2O2S/c1-3-4-8-19(25)23-15-6-5-7-16(12-15)27-13(2)20(26)24-18-11-14(21)9-10-17(18)22/h5-7,9-13H,3-4,8H2,1-2H3,(H,23,25)(H,24,26). The number of amides is 2. The predicted octanol–water partition coefficient (Wildman–Crippen LogP) is 6.24. The van der Waals surface area contributed by atoms with E-state index in [1.165, 1.54) is 11.8 Å². The third kappa shape index (κ3) is 7.09. The molecule has 0 heterocycles. The first-order chi connectivity index (χ1) is 12.9. The first-order valence-corrected chi connectivity index (χ1v) is 10.3. The molecule has 2 aromatic carbocycles. The van der Waals surface area contributed by atoms with Crippen molar-refractivity contribution in [3.63, 3.8) is 0 Å². The van der Waals surface area contributed by atoms with Gasteiger partial charge in [-0.05, 0) is 49.7 Å². The van der Waals surface area contributed by atoms with Crippen molar-refractivity contribution in [1.82, 2.24) is 0 Å². The molecule has 144 valence electrons. The van der Waals surface area contributed by atoms with Gasteiger partial charge in [-0.2, -0.15) is 0 Å². The molecular formula is C20H22Cl2N2O2S. The number of rotatable bonds is 8. The van der Waals surface area contributed by atoms with E-state index in [4.69, 9.17) is 23.2 Å². The van der Waals surface area contributed by atoms with E-state index >= 15 is 0 Å². The minimum Gasteiger partial charge on any atom is -0.326 e. The first-order valence-electron chi connectivity index (χ1n) is 8.71. The van der Waals surface area contributed by atoms with E-state index in [0.29, 0.717) is 22.2 Å². The smallest absolute Gasteiger partial charge is 0.237 e. The summed E-state index contributed by atoms with van der Waals surface area (Å²) < 4.78 is 0. The van der Waals surface area contributed by atoms with E-state index in [9.17, 15) is 9.59 Å². The molecule has 0 bridgehead atoms. The van der Waals surface area contributed by atoms with E-state index in [0.717, 1.165) is 23.4 Å². The summed E-state index contributed by atoms with van der Waals surface area (Å²) in [5.74, 6) is -0.179. The van der Waals surface area contributed by atoms with Crippen LogP contribution in [0.1, 0.15) is 33.1 Å². The van der Waals surface area contributed by atoms with Crippen molar-refractivity contribution in [3.05, 3.63) is 52.5 Å². The molecule has 4 nitrogen and oxygen atoms in total. The molecule has 0 aliphatic rings. The SMILES string of the molecule is CCCCC(=O)Nc1cccc(SC(C)C(=O)Nc2cc(Cl)ccc2Cl)c1. The number of hydrogen-bond acceptors (Lipinski definition) is 3. The fraction of sp³-hybridized carbons (Fsp3) is 0.300. The van der Waals surface area contributed by atoms with Crippen molar-refractivity contribution >= 4 is 58.2 Å². The third-order valence-electron chi connectivity index (χ3n) is 3.74. The van der Waals surface area contributed by atoms with Gasteiger partial charge < -0.3 is 10.6 Å². The van der Waals surface area contributed by atoms with Gasteiger partial charge in [0.2, 0.25) is 11.8 Å². The Morgan fingerprint density at radius 2 is 1.89 bits per heavy atom. The molecular weight excluding hydrogens is 403 g/mol. The lowest BCUT2D eigenvalue weighted by atomic mass is 10.2. The lowest BCUT2D eigenvalue weighted by molar-refractivity contribution is -0.116. The molecule has 2 rings (SSSR count). The largest absolute Gasteiger partial charge is 0.326 e. The van der Waals surface area contributed by atoms with Crippen LogP contribution < -0.4 is 10.6 Å². The molecule has 2 N–H and O–H groups in total. The number of nitrogens with one attached hydrogen (secondary N) is 2. The van der Waals surface area contributed by atoms with Crippen LogP contribution in [0.5, 0.6) is 0 Å². The summed E-state index contributed by atoms with van der Waals surface area (Å²) in [7, 11) is 0. The van der Waals surface area contributed by atoms with Gasteiger partial charge in [0, 0.05) is 22.0 Å². The molecule has 1 atom stereocenters. The third-order valence-corrected chi connectivity index (χ3v) is 5.40. The summed E-state index contributed by atoms with van der Waals surface area (Å²) in [5, 5.41) is 6.26. The van der Waals surface area contributed by atoms with Crippen LogP contribution >= 0.6 is 35.0 Å². The summed E-state index contributed by atoms with van der Waals surface area (Å²) in [4.78, 5) is 25.2. The molecule has 7 heteroatoms. The van der Waals surface area contributed by atoms with Crippen LogP contribution in [0.2, 0.25) is 10.0 Å². The number of benzene rings is 2. The summed E-state index contributed by atoms with van der Waals surface area (Å²) >= 11 is 13.4. The summed E-state index contributed by atoms with van der Waals surface area (Å²) in [6, 6.07) is 12.4. The average Bonchev–Trinajstić information content (AvgIpc) is 2.63. The number of unbranched alkanes of at least 4 members (excludes halogenated alkanes) is 1. The number of hydrogen-bond donors (Lipinski definition) is 2. The highest BCUT2D eigenvalue weighted by atomic mass is 35.5. The fourth-order valence-corrected chi connectivity index (χ4v) is 3.56. The Kier molecular flexibility index (Phi) is 8.48. The van der Waals surface area contributed by atoms with Crippen molar-refractivity contribution in [2.24, 2.45) is 0 Å². The van der Waals surface area contributed by atoms with E-state index in [1.807, 2.05) is 38.1 Å². The Bertz CT molecular complexity index is 814. The van der Waals surface area contributed by atoms with Crippen LogP contribution in [0.25, 0.3) is 0 Å². The Balaban J connectivity index is 1.97. The Labute approximate surface area is 174 Å². The van der Waals surface area contributed by atoms with Gasteiger partial charge in [0.1, 0.15) is 0 Å². The zero-order valence-electron chi connectivity index (χ0n) is 15.2. The second kappa shape index (κ2) is 10.6. The molecule has 0 spiro atoms. The van der Waals surface area contributed by atoms with Crippen molar-refractivity contribution in [2.75, 3.05) is 10.6 Å². The number of carbonyl (C=O) groups is 2. The molecule has 2 amide bonds. The van der Waals surface area contributed by atoms with Crippen LogP contribution in [-0.2, 0) is 9.59 Å².